The smallest absolute Gasteiger partial charge is 0.337 e. The summed E-state index contributed by atoms with van der Waals surface area (Å²) < 4.78 is 4.69. The number of aliphatic hydroxyl groups is 1. The summed E-state index contributed by atoms with van der Waals surface area (Å²) in [7, 11) is 1.35. The predicted molar refractivity (Wildman–Crippen MR) is 149 cm³/mol. The molecule has 0 aliphatic rings. The Morgan fingerprint density at radius 1 is 0.789 bits per heavy atom. The van der Waals surface area contributed by atoms with Crippen LogP contribution in [0.15, 0.2) is 73.1 Å². The first-order valence-corrected chi connectivity index (χ1v) is 11.9. The van der Waals surface area contributed by atoms with E-state index < -0.39 is 11.6 Å². The van der Waals surface area contributed by atoms with Gasteiger partial charge in [0.15, 0.2) is 11.6 Å². The number of hydrogen-bond acceptors (Lipinski definition) is 9. The first-order chi connectivity index (χ1) is 18.2. The molecule has 0 radical (unpaired) electrons. The Morgan fingerprint density at radius 2 is 1.32 bits per heavy atom. The van der Waals surface area contributed by atoms with Gasteiger partial charge in [-0.25, -0.2) is 14.8 Å². The lowest BCUT2D eigenvalue weighted by Gasteiger charge is -2.18. The number of methoxy groups -OCH3 is 1. The summed E-state index contributed by atoms with van der Waals surface area (Å²) in [4.78, 5) is 28.7. The third kappa shape index (κ3) is 4.51. The lowest BCUT2D eigenvalue weighted by molar-refractivity contribution is 0.0600. The molecule has 0 fully saturated rings. The summed E-state index contributed by atoms with van der Waals surface area (Å²) in [6, 6.07) is 18.6. The van der Waals surface area contributed by atoms with Crippen LogP contribution in [0.4, 0.5) is 11.6 Å². The van der Waals surface area contributed by atoms with Crippen molar-refractivity contribution in [2.45, 2.75) is 19.4 Å². The highest BCUT2D eigenvalue weighted by Gasteiger charge is 2.17. The van der Waals surface area contributed by atoms with Crippen molar-refractivity contribution >= 4 is 61.2 Å². The second kappa shape index (κ2) is 9.53. The molecular formula is C29H26N6O3. The number of aromatic nitrogens is 4. The van der Waals surface area contributed by atoms with Gasteiger partial charge in [0.1, 0.15) is 11.0 Å². The van der Waals surface area contributed by atoms with Crippen molar-refractivity contribution in [3.8, 4) is 0 Å². The molecular weight excluding hydrogens is 480 g/mol. The molecule has 0 saturated carbocycles. The number of nitrogens with two attached hydrogens (primary N) is 2. The molecule has 38 heavy (non-hydrogen) atoms. The van der Waals surface area contributed by atoms with E-state index in [0.717, 1.165) is 32.6 Å². The summed E-state index contributed by atoms with van der Waals surface area (Å²) >= 11 is 0. The Labute approximate surface area is 218 Å². The summed E-state index contributed by atoms with van der Waals surface area (Å²) in [6.45, 7) is 3.50. The highest BCUT2D eigenvalue weighted by atomic mass is 16.5. The molecule has 0 aliphatic heterocycles. The monoisotopic (exact) mass is 506 g/mol. The number of rotatable bonds is 2. The van der Waals surface area contributed by atoms with Gasteiger partial charge in [-0.2, -0.15) is 0 Å². The first kappa shape index (κ1) is 24.8. The van der Waals surface area contributed by atoms with Crippen LogP contribution in [-0.4, -0.2) is 38.1 Å². The van der Waals surface area contributed by atoms with Crippen molar-refractivity contribution in [1.29, 1.82) is 0 Å². The van der Waals surface area contributed by atoms with Crippen LogP contribution < -0.4 is 11.5 Å². The molecule has 6 rings (SSSR count). The zero-order valence-corrected chi connectivity index (χ0v) is 21.1. The molecule has 5 N–H and O–H groups in total. The predicted octanol–water partition coefficient (Wildman–Crippen LogP) is 4.74. The summed E-state index contributed by atoms with van der Waals surface area (Å²) in [5, 5.41) is 13.9. The fraction of sp³-hybridized carbons (Fsp3) is 0.138. The summed E-state index contributed by atoms with van der Waals surface area (Å²) in [5.74, 6) is 0.370. The molecule has 0 spiro atoms. The Morgan fingerprint density at radius 3 is 1.84 bits per heavy atom. The standard InChI is InChI=1S/C15H15N3O.C14H11N3O2/c1-15(2,19)9-5-6-10-11-4-3-7-17-13(11)14(16)18-12(10)8-9;1-19-14(18)8-4-5-9-10-3-2-6-16-12(10)13(15)17-11(9)7-8/h3-8,19H,1-2H3,(H2,16,18);2-7H,1H3,(H2,15,17). The van der Waals surface area contributed by atoms with Crippen LogP contribution in [-0.2, 0) is 10.3 Å². The van der Waals surface area contributed by atoms with Gasteiger partial charge in [0.2, 0.25) is 0 Å². The average molecular weight is 507 g/mol. The molecule has 4 heterocycles. The number of hydrogen-bond donors (Lipinski definition) is 3. The van der Waals surface area contributed by atoms with E-state index in [1.54, 1.807) is 38.4 Å². The number of carbonyl (C=O) groups is 1. The number of anilines is 2. The SMILES string of the molecule is CC(C)(O)c1ccc2c(c1)nc(N)c1ncccc12.COC(=O)c1ccc2c(c1)nc(N)c1ncccc12. The van der Waals surface area contributed by atoms with Gasteiger partial charge in [0.25, 0.3) is 0 Å². The topological polar surface area (TPSA) is 150 Å². The number of fused-ring (bicyclic) bond motifs is 6. The van der Waals surface area contributed by atoms with E-state index in [-0.39, 0.29) is 0 Å². The zero-order chi connectivity index (χ0) is 27.0. The minimum Gasteiger partial charge on any atom is -0.465 e. The van der Waals surface area contributed by atoms with Crippen LogP contribution in [0, 0.1) is 0 Å². The van der Waals surface area contributed by atoms with Gasteiger partial charge in [0.05, 0.1) is 29.3 Å². The summed E-state index contributed by atoms with van der Waals surface area (Å²) in [6.07, 6.45) is 3.38. The zero-order valence-electron chi connectivity index (χ0n) is 21.1. The van der Waals surface area contributed by atoms with Crippen LogP contribution in [0.2, 0.25) is 0 Å². The lowest BCUT2D eigenvalue weighted by atomic mass is 9.96. The van der Waals surface area contributed by atoms with Gasteiger partial charge in [-0.15, -0.1) is 0 Å². The fourth-order valence-corrected chi connectivity index (χ4v) is 4.35. The van der Waals surface area contributed by atoms with Crippen LogP contribution in [0.1, 0.15) is 29.8 Å². The van der Waals surface area contributed by atoms with E-state index in [0.29, 0.717) is 33.7 Å². The molecule has 0 aliphatic carbocycles. The van der Waals surface area contributed by atoms with Crippen molar-refractivity contribution in [2.24, 2.45) is 0 Å². The van der Waals surface area contributed by atoms with Gasteiger partial charge in [-0.3, -0.25) is 9.97 Å². The van der Waals surface area contributed by atoms with Crippen LogP contribution in [0.25, 0.3) is 43.6 Å². The van der Waals surface area contributed by atoms with Gasteiger partial charge >= 0.3 is 5.97 Å². The maximum atomic E-state index is 11.5. The number of benzene rings is 2. The highest BCUT2D eigenvalue weighted by Crippen LogP contribution is 2.30. The Kier molecular flexibility index (Phi) is 6.22. The molecule has 0 bridgehead atoms. The number of ether oxygens (including phenoxy) is 1. The Hall–Kier alpha value is -4.89. The maximum Gasteiger partial charge on any atom is 0.337 e. The van der Waals surface area contributed by atoms with Gasteiger partial charge in [-0.05, 0) is 49.7 Å². The van der Waals surface area contributed by atoms with Gasteiger partial charge in [-0.1, -0.05) is 30.3 Å². The lowest BCUT2D eigenvalue weighted by Crippen LogP contribution is -2.15. The quantitative estimate of drug-likeness (QED) is 0.223. The first-order valence-electron chi connectivity index (χ1n) is 11.9. The Balaban J connectivity index is 0.000000155. The molecule has 0 saturated heterocycles. The number of nitrogen functional groups attached to an aromatic ring is 2. The van der Waals surface area contributed by atoms with E-state index in [2.05, 4.69) is 19.9 Å². The normalized spacial score (nSPS) is 11.5. The molecule has 0 amide bonds. The number of nitrogens with zero attached hydrogens (tertiary/aromatic N) is 4. The van der Waals surface area contributed by atoms with E-state index in [1.165, 1.54) is 7.11 Å². The minimum atomic E-state index is -0.894. The van der Waals surface area contributed by atoms with E-state index in [4.69, 9.17) is 16.2 Å². The van der Waals surface area contributed by atoms with E-state index in [1.807, 2.05) is 48.5 Å². The molecule has 0 atom stereocenters. The number of esters is 1. The van der Waals surface area contributed by atoms with Crippen molar-refractivity contribution in [1.82, 2.24) is 19.9 Å². The molecule has 2 aromatic carbocycles. The molecule has 0 unspecified atom stereocenters. The van der Waals surface area contributed by atoms with Crippen molar-refractivity contribution in [3.63, 3.8) is 0 Å². The molecule has 4 aromatic heterocycles. The van der Waals surface area contributed by atoms with Crippen molar-refractivity contribution in [3.05, 3.63) is 84.2 Å². The third-order valence-corrected chi connectivity index (χ3v) is 6.29. The minimum absolute atomic E-state index is 0.352. The third-order valence-electron chi connectivity index (χ3n) is 6.29. The molecule has 9 nitrogen and oxygen atoms in total. The van der Waals surface area contributed by atoms with Crippen LogP contribution >= 0.6 is 0 Å². The van der Waals surface area contributed by atoms with Crippen LogP contribution in [0.3, 0.4) is 0 Å². The highest BCUT2D eigenvalue weighted by molar-refractivity contribution is 6.09. The van der Waals surface area contributed by atoms with Crippen LogP contribution in [0.5, 0.6) is 0 Å². The van der Waals surface area contributed by atoms with Crippen molar-refractivity contribution in [2.75, 3.05) is 18.6 Å². The molecule has 9 heteroatoms. The second-order valence-corrected chi connectivity index (χ2v) is 9.31. The number of pyridine rings is 4. The summed E-state index contributed by atoms with van der Waals surface area (Å²) in [5.41, 5.74) is 15.0. The molecule has 6 aromatic rings. The number of carbonyl (C=O) groups excluding carboxylic acids is 1. The fourth-order valence-electron chi connectivity index (χ4n) is 4.35. The van der Waals surface area contributed by atoms with Gasteiger partial charge < -0.3 is 21.3 Å². The van der Waals surface area contributed by atoms with E-state index in [9.17, 15) is 9.90 Å². The second-order valence-electron chi connectivity index (χ2n) is 9.31. The maximum absolute atomic E-state index is 11.5. The largest absolute Gasteiger partial charge is 0.465 e. The average Bonchev–Trinajstić information content (AvgIpc) is 2.92. The van der Waals surface area contributed by atoms with E-state index >= 15 is 0 Å². The van der Waals surface area contributed by atoms with Crippen molar-refractivity contribution < 1.29 is 14.6 Å². The Bertz CT molecular complexity index is 1850. The molecule has 190 valence electrons. The van der Waals surface area contributed by atoms with Gasteiger partial charge in [0, 0.05) is 33.9 Å².